The van der Waals surface area contributed by atoms with Crippen LogP contribution >= 0.6 is 23.2 Å². The van der Waals surface area contributed by atoms with Crippen LogP contribution in [0.4, 0.5) is 5.69 Å². The zero-order valence-electron chi connectivity index (χ0n) is 11.4. The summed E-state index contributed by atoms with van der Waals surface area (Å²) in [5.41, 5.74) is 4.20. The second-order valence-electron chi connectivity index (χ2n) is 5.47. The second-order valence-corrected chi connectivity index (χ2v) is 6.22. The summed E-state index contributed by atoms with van der Waals surface area (Å²) in [7, 11) is 0. The Bertz CT molecular complexity index is 564. The van der Waals surface area contributed by atoms with E-state index >= 15 is 0 Å². The lowest BCUT2D eigenvalue weighted by Gasteiger charge is -2.31. The Labute approximate surface area is 124 Å². The molecule has 2 nitrogen and oxygen atoms in total. The first kappa shape index (κ1) is 13.3. The number of fused-ring (bicyclic) bond motifs is 2. The van der Waals surface area contributed by atoms with Crippen LogP contribution in [0.2, 0.25) is 10.0 Å². The Balaban J connectivity index is 2.16. The van der Waals surface area contributed by atoms with Gasteiger partial charge < -0.3 is 4.90 Å². The molecule has 102 valence electrons. The number of benzene rings is 1. The highest BCUT2D eigenvalue weighted by Crippen LogP contribution is 2.42. The van der Waals surface area contributed by atoms with Gasteiger partial charge in [0.2, 0.25) is 0 Å². The Morgan fingerprint density at radius 1 is 1.00 bits per heavy atom. The molecule has 19 heavy (non-hydrogen) atoms. The van der Waals surface area contributed by atoms with Crippen LogP contribution in [0.15, 0.2) is 4.99 Å². The Morgan fingerprint density at radius 2 is 1.79 bits per heavy atom. The molecule has 0 aromatic heterocycles. The van der Waals surface area contributed by atoms with Crippen molar-refractivity contribution in [1.82, 2.24) is 4.90 Å². The number of rotatable bonds is 0. The first-order valence-corrected chi connectivity index (χ1v) is 7.64. The van der Waals surface area contributed by atoms with E-state index in [1.807, 2.05) is 13.8 Å². The smallest absolute Gasteiger partial charge is 0.105 e. The number of amidine groups is 1. The zero-order chi connectivity index (χ0) is 13.6. The number of nitrogens with zero attached hydrogens (tertiary/aromatic N) is 2. The molecule has 1 aromatic rings. The topological polar surface area (TPSA) is 15.6 Å². The number of halogens is 2. The number of aliphatic imine (C=N–C) groups is 1. The van der Waals surface area contributed by atoms with E-state index in [1.54, 1.807) is 0 Å². The second kappa shape index (κ2) is 4.99. The van der Waals surface area contributed by atoms with Gasteiger partial charge in [-0.25, -0.2) is 4.99 Å². The monoisotopic (exact) mass is 296 g/mol. The fourth-order valence-corrected chi connectivity index (χ4v) is 3.48. The fraction of sp³-hybridized carbons (Fsp3) is 0.533. The van der Waals surface area contributed by atoms with Gasteiger partial charge in [0.05, 0.1) is 15.7 Å². The minimum Gasteiger partial charge on any atom is -0.356 e. The van der Waals surface area contributed by atoms with Crippen molar-refractivity contribution >= 4 is 34.7 Å². The summed E-state index contributed by atoms with van der Waals surface area (Å²) in [4.78, 5) is 7.25. The van der Waals surface area contributed by atoms with Crippen molar-refractivity contribution in [3.05, 3.63) is 26.7 Å². The van der Waals surface area contributed by atoms with Gasteiger partial charge in [0.25, 0.3) is 0 Å². The van der Waals surface area contributed by atoms with Crippen molar-refractivity contribution < 1.29 is 0 Å². The maximum atomic E-state index is 6.48. The van der Waals surface area contributed by atoms with Gasteiger partial charge in [-0.15, -0.1) is 0 Å². The van der Waals surface area contributed by atoms with E-state index in [2.05, 4.69) is 4.90 Å². The third-order valence-electron chi connectivity index (χ3n) is 4.18. The van der Waals surface area contributed by atoms with Crippen LogP contribution in [0.25, 0.3) is 0 Å². The lowest BCUT2D eigenvalue weighted by molar-refractivity contribution is 0.403. The predicted octanol–water partition coefficient (Wildman–Crippen LogP) is 5.03. The number of hydrogen-bond donors (Lipinski definition) is 0. The van der Waals surface area contributed by atoms with Crippen molar-refractivity contribution in [3.63, 3.8) is 0 Å². The molecule has 2 aliphatic rings. The van der Waals surface area contributed by atoms with E-state index in [9.17, 15) is 0 Å². The van der Waals surface area contributed by atoms with Crippen LogP contribution in [-0.4, -0.2) is 17.3 Å². The first-order valence-electron chi connectivity index (χ1n) is 6.89. The van der Waals surface area contributed by atoms with Crippen LogP contribution < -0.4 is 0 Å². The van der Waals surface area contributed by atoms with E-state index in [-0.39, 0.29) is 0 Å². The molecule has 0 spiro atoms. The fourth-order valence-electron chi connectivity index (χ4n) is 3.00. The van der Waals surface area contributed by atoms with Crippen LogP contribution in [0, 0.1) is 13.8 Å². The predicted molar refractivity (Wildman–Crippen MR) is 81.9 cm³/mol. The molecule has 0 amide bonds. The summed E-state index contributed by atoms with van der Waals surface area (Å²) < 4.78 is 0. The summed E-state index contributed by atoms with van der Waals surface area (Å²) in [6, 6.07) is 0. The minimum absolute atomic E-state index is 0.759. The summed E-state index contributed by atoms with van der Waals surface area (Å²) in [5.74, 6) is 1.21. The summed E-state index contributed by atoms with van der Waals surface area (Å²) >= 11 is 12.8. The molecule has 1 fully saturated rings. The van der Waals surface area contributed by atoms with Crippen LogP contribution in [0.3, 0.4) is 0 Å². The standard InChI is InChI=1S/C15H18Cl2N2/c1-9-13(16)10(2)15-11(14(9)17)8-19-7-5-3-4-6-12(19)18-15/h3-8H2,1-2H3. The average Bonchev–Trinajstić information content (AvgIpc) is 2.65. The SMILES string of the molecule is Cc1c(Cl)c(C)c2c(c1Cl)CN1CCCCCC1=N2. The molecule has 0 bridgehead atoms. The molecule has 0 atom stereocenters. The number of hydrogen-bond acceptors (Lipinski definition) is 2. The molecule has 1 saturated heterocycles. The molecule has 0 saturated carbocycles. The molecule has 3 rings (SSSR count). The average molecular weight is 297 g/mol. The third-order valence-corrected chi connectivity index (χ3v) is 5.26. The lowest BCUT2D eigenvalue weighted by Crippen LogP contribution is -2.32. The lowest BCUT2D eigenvalue weighted by atomic mass is 10.0. The Kier molecular flexibility index (Phi) is 3.48. The molecule has 2 heterocycles. The summed E-state index contributed by atoms with van der Waals surface area (Å²) in [5, 5.41) is 1.55. The highest BCUT2D eigenvalue weighted by atomic mass is 35.5. The van der Waals surface area contributed by atoms with Crippen molar-refractivity contribution in [3.8, 4) is 0 Å². The van der Waals surface area contributed by atoms with Gasteiger partial charge in [-0.3, -0.25) is 0 Å². The third kappa shape index (κ3) is 2.15. The molecule has 2 aliphatic heterocycles. The molecule has 4 heteroatoms. The van der Waals surface area contributed by atoms with Crippen LogP contribution in [0.5, 0.6) is 0 Å². The summed E-state index contributed by atoms with van der Waals surface area (Å²) in [6.45, 7) is 6.00. The Morgan fingerprint density at radius 3 is 2.58 bits per heavy atom. The summed E-state index contributed by atoms with van der Waals surface area (Å²) in [6.07, 6.45) is 4.84. The van der Waals surface area contributed by atoms with Crippen LogP contribution in [0.1, 0.15) is 42.4 Å². The van der Waals surface area contributed by atoms with E-state index in [0.29, 0.717) is 0 Å². The van der Waals surface area contributed by atoms with E-state index in [0.717, 1.165) is 51.9 Å². The molecular weight excluding hydrogens is 279 g/mol. The van der Waals surface area contributed by atoms with E-state index < -0.39 is 0 Å². The Hall–Kier alpha value is -0.730. The molecule has 0 radical (unpaired) electrons. The molecule has 0 aliphatic carbocycles. The first-order chi connectivity index (χ1) is 9.09. The van der Waals surface area contributed by atoms with Gasteiger partial charge in [0.15, 0.2) is 0 Å². The van der Waals surface area contributed by atoms with Gasteiger partial charge in [-0.2, -0.15) is 0 Å². The van der Waals surface area contributed by atoms with Crippen molar-refractivity contribution in [2.75, 3.05) is 6.54 Å². The maximum Gasteiger partial charge on any atom is 0.105 e. The van der Waals surface area contributed by atoms with Gasteiger partial charge in [-0.05, 0) is 37.8 Å². The van der Waals surface area contributed by atoms with E-state index in [4.69, 9.17) is 28.2 Å². The quantitative estimate of drug-likeness (QED) is 0.655. The van der Waals surface area contributed by atoms with E-state index in [1.165, 1.54) is 25.1 Å². The van der Waals surface area contributed by atoms with Crippen molar-refractivity contribution in [1.29, 1.82) is 0 Å². The highest BCUT2D eigenvalue weighted by Gasteiger charge is 2.26. The highest BCUT2D eigenvalue weighted by molar-refractivity contribution is 6.37. The largest absolute Gasteiger partial charge is 0.356 e. The maximum absolute atomic E-state index is 6.48. The van der Waals surface area contributed by atoms with Crippen molar-refractivity contribution in [2.24, 2.45) is 4.99 Å². The normalized spacial score (nSPS) is 18.5. The molecular formula is C15H18Cl2N2. The molecule has 0 N–H and O–H groups in total. The zero-order valence-corrected chi connectivity index (χ0v) is 12.9. The van der Waals surface area contributed by atoms with Gasteiger partial charge >= 0.3 is 0 Å². The van der Waals surface area contributed by atoms with Gasteiger partial charge in [-0.1, -0.05) is 29.6 Å². The molecule has 1 aromatic carbocycles. The van der Waals surface area contributed by atoms with Crippen LogP contribution in [-0.2, 0) is 6.54 Å². The van der Waals surface area contributed by atoms with Gasteiger partial charge in [0.1, 0.15) is 5.84 Å². The minimum atomic E-state index is 0.759. The molecule has 0 unspecified atom stereocenters. The van der Waals surface area contributed by atoms with Crippen molar-refractivity contribution in [2.45, 2.75) is 46.1 Å². The van der Waals surface area contributed by atoms with Gasteiger partial charge in [0, 0.05) is 25.1 Å².